The predicted octanol–water partition coefficient (Wildman–Crippen LogP) is 0.678. The molecule has 0 aliphatic heterocycles. The second kappa shape index (κ2) is 6.42. The molecule has 0 spiro atoms. The van der Waals surface area contributed by atoms with Gasteiger partial charge in [-0.1, -0.05) is 0 Å². The van der Waals surface area contributed by atoms with Gasteiger partial charge < -0.3 is 5.32 Å². The van der Waals surface area contributed by atoms with Gasteiger partial charge in [-0.05, 0) is 24.9 Å². The lowest BCUT2D eigenvalue weighted by Gasteiger charge is -2.01. The normalized spacial score (nSPS) is 10.1. The van der Waals surface area contributed by atoms with Gasteiger partial charge in [-0.15, -0.1) is 0 Å². The molecular formula is C8H14N4OS. The van der Waals surface area contributed by atoms with E-state index < -0.39 is 0 Å². The summed E-state index contributed by atoms with van der Waals surface area (Å²) in [5.74, 6) is 0.975. The van der Waals surface area contributed by atoms with Gasteiger partial charge in [0.2, 0.25) is 0 Å². The van der Waals surface area contributed by atoms with Gasteiger partial charge in [-0.25, -0.2) is 0 Å². The van der Waals surface area contributed by atoms with Gasteiger partial charge in [0.25, 0.3) is 5.91 Å². The molecule has 2 N–H and O–H groups in total. The lowest BCUT2D eigenvalue weighted by molar-refractivity contribution is 0.0948. The number of nitrogens with one attached hydrogen (secondary N) is 2. The van der Waals surface area contributed by atoms with Crippen LogP contribution in [0.5, 0.6) is 0 Å². The van der Waals surface area contributed by atoms with Gasteiger partial charge in [0, 0.05) is 6.54 Å². The zero-order valence-electron chi connectivity index (χ0n) is 8.12. The molecule has 0 radical (unpaired) electrons. The number of H-pyrrole nitrogens is 1. The zero-order chi connectivity index (χ0) is 10.2. The van der Waals surface area contributed by atoms with Crippen LogP contribution in [0.4, 0.5) is 0 Å². The molecule has 0 aromatic carbocycles. The molecule has 78 valence electrons. The zero-order valence-corrected chi connectivity index (χ0v) is 8.93. The van der Waals surface area contributed by atoms with Gasteiger partial charge in [0.05, 0.1) is 6.20 Å². The molecule has 0 saturated carbocycles. The Balaban J connectivity index is 2.10. The smallest absolute Gasteiger partial charge is 0.273 e. The van der Waals surface area contributed by atoms with Crippen molar-refractivity contribution >= 4 is 17.7 Å². The largest absolute Gasteiger partial charge is 0.351 e. The summed E-state index contributed by atoms with van der Waals surface area (Å²) in [5.41, 5.74) is 0.342. The van der Waals surface area contributed by atoms with Gasteiger partial charge in [-0.3, -0.25) is 4.79 Å². The fourth-order valence-corrected chi connectivity index (χ4v) is 1.47. The van der Waals surface area contributed by atoms with Crippen LogP contribution in [-0.2, 0) is 0 Å². The van der Waals surface area contributed by atoms with Crippen molar-refractivity contribution in [3.63, 3.8) is 0 Å². The molecule has 0 atom stereocenters. The fraction of sp³-hybridized carbons (Fsp3) is 0.625. The third-order valence-electron chi connectivity index (χ3n) is 1.71. The number of hydrogen-bond acceptors (Lipinski definition) is 4. The minimum atomic E-state index is -0.164. The van der Waals surface area contributed by atoms with E-state index in [0.717, 1.165) is 18.6 Å². The quantitative estimate of drug-likeness (QED) is 0.683. The Morgan fingerprint density at radius 3 is 3.14 bits per heavy atom. The van der Waals surface area contributed by atoms with E-state index in [1.807, 2.05) is 11.8 Å². The fourth-order valence-electron chi connectivity index (χ4n) is 0.975. The van der Waals surface area contributed by atoms with Crippen molar-refractivity contribution in [1.29, 1.82) is 0 Å². The summed E-state index contributed by atoms with van der Waals surface area (Å²) in [5, 5.41) is 12.4. The van der Waals surface area contributed by atoms with Gasteiger partial charge >= 0.3 is 0 Å². The Bertz CT molecular complexity index is 262. The molecule has 0 aliphatic rings. The monoisotopic (exact) mass is 214 g/mol. The van der Waals surface area contributed by atoms with Crippen LogP contribution in [0.2, 0.25) is 0 Å². The van der Waals surface area contributed by atoms with Crippen LogP contribution in [0.1, 0.15) is 23.3 Å². The first-order valence-corrected chi connectivity index (χ1v) is 5.87. The minimum Gasteiger partial charge on any atom is -0.351 e. The summed E-state index contributed by atoms with van der Waals surface area (Å²) in [6.07, 6.45) is 5.62. The number of hydrogen-bond donors (Lipinski definition) is 2. The van der Waals surface area contributed by atoms with Crippen molar-refractivity contribution in [3.05, 3.63) is 11.9 Å². The number of carbonyl (C=O) groups is 1. The molecule has 1 rings (SSSR count). The highest BCUT2D eigenvalue weighted by molar-refractivity contribution is 7.98. The average molecular weight is 214 g/mol. The van der Waals surface area contributed by atoms with E-state index in [0.29, 0.717) is 12.2 Å². The van der Waals surface area contributed by atoms with E-state index in [2.05, 4.69) is 27.0 Å². The molecule has 5 nitrogen and oxygen atoms in total. The van der Waals surface area contributed by atoms with Crippen LogP contribution in [0.3, 0.4) is 0 Å². The van der Waals surface area contributed by atoms with E-state index >= 15 is 0 Å². The molecule has 1 amide bonds. The van der Waals surface area contributed by atoms with Crippen molar-refractivity contribution in [2.24, 2.45) is 0 Å². The summed E-state index contributed by atoms with van der Waals surface area (Å²) in [7, 11) is 0. The van der Waals surface area contributed by atoms with Crippen molar-refractivity contribution in [2.75, 3.05) is 18.6 Å². The van der Waals surface area contributed by atoms with Crippen molar-refractivity contribution in [3.8, 4) is 0 Å². The second-order valence-electron chi connectivity index (χ2n) is 2.81. The Hall–Kier alpha value is -1.04. The van der Waals surface area contributed by atoms with E-state index in [4.69, 9.17) is 0 Å². The highest BCUT2D eigenvalue weighted by Gasteiger charge is 2.06. The van der Waals surface area contributed by atoms with Crippen LogP contribution in [-0.4, -0.2) is 39.9 Å². The molecule has 0 bridgehead atoms. The Morgan fingerprint density at radius 2 is 2.50 bits per heavy atom. The third kappa shape index (κ3) is 3.78. The van der Waals surface area contributed by atoms with E-state index in [1.54, 1.807) is 0 Å². The van der Waals surface area contributed by atoms with Crippen LogP contribution in [0.25, 0.3) is 0 Å². The van der Waals surface area contributed by atoms with Gasteiger partial charge in [0.15, 0.2) is 5.69 Å². The summed E-state index contributed by atoms with van der Waals surface area (Å²) < 4.78 is 0. The number of amides is 1. The number of rotatable bonds is 6. The second-order valence-corrected chi connectivity index (χ2v) is 3.80. The molecule has 0 aliphatic carbocycles. The Kier molecular flexibility index (Phi) is 5.06. The molecule has 6 heteroatoms. The Morgan fingerprint density at radius 1 is 1.64 bits per heavy atom. The number of thioether (sulfide) groups is 1. The topological polar surface area (TPSA) is 70.7 Å². The van der Waals surface area contributed by atoms with Gasteiger partial charge in [-0.2, -0.15) is 27.2 Å². The standard InChI is InChI=1S/C8H14N4OS/c1-14-5-3-2-4-9-8(13)7-6-10-12-11-7/h6H,2-5H2,1H3,(H,9,13)(H,10,11,12). The minimum absolute atomic E-state index is 0.164. The molecule has 0 unspecified atom stereocenters. The maximum atomic E-state index is 11.3. The Labute approximate surface area is 87.0 Å². The highest BCUT2D eigenvalue weighted by atomic mass is 32.2. The van der Waals surface area contributed by atoms with Crippen LogP contribution in [0, 0.1) is 0 Å². The lowest BCUT2D eigenvalue weighted by Crippen LogP contribution is -2.24. The number of aromatic amines is 1. The number of unbranched alkanes of at least 4 members (excludes halogenated alkanes) is 1. The maximum Gasteiger partial charge on any atom is 0.273 e. The molecular weight excluding hydrogens is 200 g/mol. The SMILES string of the molecule is CSCCCCNC(=O)c1cn[nH]n1. The molecule has 1 aromatic heterocycles. The first-order valence-electron chi connectivity index (χ1n) is 4.47. The summed E-state index contributed by atoms with van der Waals surface area (Å²) in [4.78, 5) is 11.3. The van der Waals surface area contributed by atoms with E-state index in [1.165, 1.54) is 6.20 Å². The third-order valence-corrected chi connectivity index (χ3v) is 2.41. The molecule has 14 heavy (non-hydrogen) atoms. The van der Waals surface area contributed by atoms with Gasteiger partial charge in [0.1, 0.15) is 0 Å². The predicted molar refractivity (Wildman–Crippen MR) is 56.3 cm³/mol. The summed E-state index contributed by atoms with van der Waals surface area (Å²) in [6.45, 7) is 0.701. The van der Waals surface area contributed by atoms with Crippen molar-refractivity contribution in [2.45, 2.75) is 12.8 Å². The maximum absolute atomic E-state index is 11.3. The summed E-state index contributed by atoms with van der Waals surface area (Å²) in [6, 6.07) is 0. The van der Waals surface area contributed by atoms with E-state index in [9.17, 15) is 4.79 Å². The molecule has 1 heterocycles. The molecule has 0 fully saturated rings. The van der Waals surface area contributed by atoms with Crippen molar-refractivity contribution < 1.29 is 4.79 Å². The van der Waals surface area contributed by atoms with Crippen LogP contribution < -0.4 is 5.32 Å². The lowest BCUT2D eigenvalue weighted by atomic mass is 10.3. The number of nitrogens with zero attached hydrogens (tertiary/aromatic N) is 2. The number of carbonyl (C=O) groups excluding carboxylic acids is 1. The number of aromatic nitrogens is 3. The van der Waals surface area contributed by atoms with E-state index in [-0.39, 0.29) is 5.91 Å². The molecule has 1 aromatic rings. The van der Waals surface area contributed by atoms with Crippen molar-refractivity contribution in [1.82, 2.24) is 20.7 Å². The first-order chi connectivity index (χ1) is 6.84. The highest BCUT2D eigenvalue weighted by Crippen LogP contribution is 1.98. The van der Waals surface area contributed by atoms with Crippen LogP contribution >= 0.6 is 11.8 Å². The summed E-state index contributed by atoms with van der Waals surface area (Å²) >= 11 is 1.82. The molecule has 0 saturated heterocycles. The van der Waals surface area contributed by atoms with Crippen LogP contribution in [0.15, 0.2) is 6.20 Å². The first kappa shape index (κ1) is 11.0. The average Bonchev–Trinajstić information content (AvgIpc) is 2.70.